The molecule has 0 saturated heterocycles. The first-order valence-electron chi connectivity index (χ1n) is 8.62. The average Bonchev–Trinajstić information content (AvgIpc) is 2.72. The summed E-state index contributed by atoms with van der Waals surface area (Å²) in [6.07, 6.45) is -0.197. The number of rotatable bonds is 4. The molecular weight excluding hydrogens is 326 g/mol. The molecule has 4 nitrogen and oxygen atoms in total. The number of carbonyl (C=O) groups is 1. The van der Waals surface area contributed by atoms with Gasteiger partial charge in [-0.25, -0.2) is 0 Å². The molecule has 130 valence electrons. The highest BCUT2D eigenvalue weighted by atomic mass is 16.6. The van der Waals surface area contributed by atoms with Gasteiger partial charge in [0.25, 0.3) is 5.91 Å². The van der Waals surface area contributed by atoms with Gasteiger partial charge in [-0.15, -0.1) is 0 Å². The number of para-hydroxylation sites is 2. The summed E-state index contributed by atoms with van der Waals surface area (Å²) in [7, 11) is 0. The number of hydrogen-bond donors (Lipinski definition) is 1. The van der Waals surface area contributed by atoms with Crippen LogP contribution in [0, 0.1) is 0 Å². The van der Waals surface area contributed by atoms with Crippen molar-refractivity contribution in [2.75, 3.05) is 13.2 Å². The highest BCUT2D eigenvalue weighted by Gasteiger charge is 2.21. The average molecular weight is 345 g/mol. The van der Waals surface area contributed by atoms with E-state index in [-0.39, 0.29) is 12.0 Å². The molecular formula is C22H19NO3. The lowest BCUT2D eigenvalue weighted by Gasteiger charge is -2.26. The first kappa shape index (κ1) is 16.2. The summed E-state index contributed by atoms with van der Waals surface area (Å²) in [5.41, 5.74) is 2.84. The summed E-state index contributed by atoms with van der Waals surface area (Å²) in [6, 6.07) is 25.2. The molecule has 0 fully saturated rings. The lowest BCUT2D eigenvalue weighted by molar-refractivity contribution is 0.0789. The van der Waals surface area contributed by atoms with Gasteiger partial charge < -0.3 is 14.8 Å². The summed E-state index contributed by atoms with van der Waals surface area (Å²) in [5.74, 6) is 1.34. The SMILES string of the molecule is O=C(NCC1COc2ccccc2O1)c1ccc(-c2ccccc2)cc1. The normalized spacial score (nSPS) is 15.3. The molecule has 1 aliphatic heterocycles. The van der Waals surface area contributed by atoms with Crippen molar-refractivity contribution in [3.05, 3.63) is 84.4 Å². The minimum Gasteiger partial charge on any atom is -0.486 e. The summed E-state index contributed by atoms with van der Waals surface area (Å²) in [6.45, 7) is 0.817. The Morgan fingerprint density at radius 2 is 1.50 bits per heavy atom. The van der Waals surface area contributed by atoms with Crippen LogP contribution in [0.1, 0.15) is 10.4 Å². The molecule has 0 radical (unpaired) electrons. The molecule has 0 bridgehead atoms. The molecule has 1 unspecified atom stereocenters. The molecule has 0 aliphatic carbocycles. The van der Waals surface area contributed by atoms with E-state index in [0.29, 0.717) is 24.5 Å². The fraction of sp³-hybridized carbons (Fsp3) is 0.136. The smallest absolute Gasteiger partial charge is 0.251 e. The van der Waals surface area contributed by atoms with Gasteiger partial charge in [0.05, 0.1) is 6.54 Å². The molecule has 4 rings (SSSR count). The molecule has 1 heterocycles. The zero-order valence-corrected chi connectivity index (χ0v) is 14.2. The Kier molecular flexibility index (Phi) is 4.56. The lowest BCUT2D eigenvalue weighted by atomic mass is 10.0. The van der Waals surface area contributed by atoms with Crippen LogP contribution >= 0.6 is 0 Å². The molecule has 1 atom stereocenters. The Balaban J connectivity index is 1.35. The van der Waals surface area contributed by atoms with Crippen LogP contribution in [0.15, 0.2) is 78.9 Å². The van der Waals surface area contributed by atoms with Crippen LogP contribution in [-0.2, 0) is 0 Å². The fourth-order valence-corrected chi connectivity index (χ4v) is 2.92. The second kappa shape index (κ2) is 7.31. The fourth-order valence-electron chi connectivity index (χ4n) is 2.92. The van der Waals surface area contributed by atoms with Crippen molar-refractivity contribution in [3.8, 4) is 22.6 Å². The van der Waals surface area contributed by atoms with Crippen LogP contribution in [0.5, 0.6) is 11.5 Å². The quantitative estimate of drug-likeness (QED) is 0.779. The number of fused-ring (bicyclic) bond motifs is 1. The van der Waals surface area contributed by atoms with Crippen LogP contribution in [0.4, 0.5) is 0 Å². The molecule has 0 saturated carbocycles. The zero-order valence-electron chi connectivity index (χ0n) is 14.2. The maximum Gasteiger partial charge on any atom is 0.251 e. The van der Waals surface area contributed by atoms with Gasteiger partial charge >= 0.3 is 0 Å². The Labute approximate surface area is 152 Å². The van der Waals surface area contributed by atoms with Crippen molar-refractivity contribution < 1.29 is 14.3 Å². The predicted octanol–water partition coefficient (Wildman–Crippen LogP) is 3.92. The first-order chi connectivity index (χ1) is 12.8. The molecule has 0 spiro atoms. The van der Waals surface area contributed by atoms with Gasteiger partial charge in [0, 0.05) is 5.56 Å². The van der Waals surface area contributed by atoms with E-state index in [1.54, 1.807) is 0 Å². The van der Waals surface area contributed by atoms with Gasteiger partial charge in [0.1, 0.15) is 12.7 Å². The topological polar surface area (TPSA) is 47.6 Å². The van der Waals surface area contributed by atoms with Crippen molar-refractivity contribution in [2.45, 2.75) is 6.10 Å². The number of benzene rings is 3. The standard InChI is InChI=1S/C22H19NO3/c24-22(18-12-10-17(11-13-18)16-6-2-1-3-7-16)23-14-19-15-25-20-8-4-5-9-21(20)26-19/h1-13,19H,14-15H2,(H,23,24). The highest BCUT2D eigenvalue weighted by molar-refractivity contribution is 5.94. The van der Waals surface area contributed by atoms with Gasteiger partial charge in [-0.1, -0.05) is 54.6 Å². The third kappa shape index (κ3) is 3.54. The molecule has 26 heavy (non-hydrogen) atoms. The van der Waals surface area contributed by atoms with Crippen LogP contribution in [0.3, 0.4) is 0 Å². The summed E-state index contributed by atoms with van der Waals surface area (Å²) in [5, 5.41) is 2.91. The third-order valence-electron chi connectivity index (χ3n) is 4.31. The Morgan fingerprint density at radius 3 is 2.27 bits per heavy atom. The number of nitrogens with one attached hydrogen (secondary N) is 1. The van der Waals surface area contributed by atoms with Crippen LogP contribution in [-0.4, -0.2) is 25.2 Å². The number of carbonyl (C=O) groups excluding carboxylic acids is 1. The summed E-state index contributed by atoms with van der Waals surface area (Å²) in [4.78, 5) is 12.4. The minimum absolute atomic E-state index is 0.118. The van der Waals surface area contributed by atoms with E-state index in [0.717, 1.165) is 16.9 Å². The first-order valence-corrected chi connectivity index (χ1v) is 8.62. The van der Waals surface area contributed by atoms with Crippen LogP contribution < -0.4 is 14.8 Å². The van der Waals surface area contributed by atoms with E-state index in [9.17, 15) is 4.79 Å². The molecule has 4 heteroatoms. The summed E-state index contributed by atoms with van der Waals surface area (Å²) < 4.78 is 11.5. The Bertz CT molecular complexity index is 891. The molecule has 1 aliphatic rings. The Hall–Kier alpha value is -3.27. The van der Waals surface area contributed by atoms with Crippen molar-refractivity contribution in [1.29, 1.82) is 0 Å². The second-order valence-electron chi connectivity index (χ2n) is 6.15. The largest absolute Gasteiger partial charge is 0.486 e. The maximum absolute atomic E-state index is 12.4. The van der Waals surface area contributed by atoms with Crippen molar-refractivity contribution in [3.63, 3.8) is 0 Å². The third-order valence-corrected chi connectivity index (χ3v) is 4.31. The van der Waals surface area contributed by atoms with E-state index in [1.165, 1.54) is 0 Å². The van der Waals surface area contributed by atoms with Gasteiger partial charge in [-0.05, 0) is 35.4 Å². The molecule has 1 amide bonds. The molecule has 0 aromatic heterocycles. The van der Waals surface area contributed by atoms with Crippen molar-refractivity contribution in [1.82, 2.24) is 5.32 Å². The van der Waals surface area contributed by atoms with E-state index in [1.807, 2.05) is 78.9 Å². The maximum atomic E-state index is 12.4. The lowest BCUT2D eigenvalue weighted by Crippen LogP contribution is -2.40. The van der Waals surface area contributed by atoms with Crippen LogP contribution in [0.2, 0.25) is 0 Å². The van der Waals surface area contributed by atoms with Gasteiger partial charge in [-0.2, -0.15) is 0 Å². The zero-order chi connectivity index (χ0) is 17.8. The number of amides is 1. The predicted molar refractivity (Wildman–Crippen MR) is 101 cm³/mol. The number of hydrogen-bond acceptors (Lipinski definition) is 3. The van der Waals surface area contributed by atoms with Gasteiger partial charge in [0.2, 0.25) is 0 Å². The van der Waals surface area contributed by atoms with Gasteiger partial charge in [0.15, 0.2) is 11.5 Å². The molecule has 3 aromatic carbocycles. The highest BCUT2D eigenvalue weighted by Crippen LogP contribution is 2.30. The monoisotopic (exact) mass is 345 g/mol. The number of ether oxygens (including phenoxy) is 2. The van der Waals surface area contributed by atoms with Crippen molar-refractivity contribution >= 4 is 5.91 Å². The van der Waals surface area contributed by atoms with E-state index >= 15 is 0 Å². The van der Waals surface area contributed by atoms with Crippen molar-refractivity contribution in [2.24, 2.45) is 0 Å². The van der Waals surface area contributed by atoms with E-state index < -0.39 is 0 Å². The molecule has 3 aromatic rings. The Morgan fingerprint density at radius 1 is 0.846 bits per heavy atom. The van der Waals surface area contributed by atoms with E-state index in [4.69, 9.17) is 9.47 Å². The van der Waals surface area contributed by atoms with Crippen LogP contribution in [0.25, 0.3) is 11.1 Å². The second-order valence-corrected chi connectivity index (χ2v) is 6.15. The van der Waals surface area contributed by atoms with Gasteiger partial charge in [-0.3, -0.25) is 4.79 Å². The summed E-state index contributed by atoms with van der Waals surface area (Å²) >= 11 is 0. The minimum atomic E-state index is -0.197. The van der Waals surface area contributed by atoms with E-state index in [2.05, 4.69) is 5.32 Å². The molecule has 1 N–H and O–H groups in total.